The summed E-state index contributed by atoms with van der Waals surface area (Å²) in [5.74, 6) is -0.260. The Hall–Kier alpha value is -0.710. The molecule has 2 rings (SSSR count). The van der Waals surface area contributed by atoms with E-state index in [0.717, 1.165) is 11.1 Å². The van der Waals surface area contributed by atoms with E-state index in [1.165, 1.54) is 17.0 Å². The van der Waals surface area contributed by atoms with E-state index in [1.54, 1.807) is 17.4 Å². The fourth-order valence-corrected chi connectivity index (χ4v) is 2.90. The van der Waals surface area contributed by atoms with Gasteiger partial charge in [0, 0.05) is 9.35 Å². The molecule has 2 aromatic rings. The molecule has 0 saturated carbocycles. The number of hydrogen-bond donors (Lipinski definition) is 1. The van der Waals surface area contributed by atoms with Crippen LogP contribution in [0.2, 0.25) is 0 Å². The molecule has 0 fully saturated rings. The predicted molar refractivity (Wildman–Crippen MR) is 69.2 cm³/mol. The van der Waals surface area contributed by atoms with Gasteiger partial charge in [-0.1, -0.05) is 22.0 Å². The topological polar surface area (TPSA) is 26.0 Å². The second-order valence-electron chi connectivity index (χ2n) is 3.63. The largest absolute Gasteiger partial charge is 0.320 e. The van der Waals surface area contributed by atoms with Gasteiger partial charge in [0.2, 0.25) is 0 Å². The molecule has 0 spiro atoms. The van der Waals surface area contributed by atoms with Crippen molar-refractivity contribution in [2.75, 3.05) is 0 Å². The first-order valence-corrected chi connectivity index (χ1v) is 6.51. The highest BCUT2D eigenvalue weighted by molar-refractivity contribution is 9.10. The van der Waals surface area contributed by atoms with Crippen molar-refractivity contribution in [1.29, 1.82) is 0 Å². The van der Waals surface area contributed by atoms with E-state index in [1.807, 2.05) is 12.3 Å². The van der Waals surface area contributed by atoms with Gasteiger partial charge in [0.1, 0.15) is 5.82 Å². The summed E-state index contributed by atoms with van der Waals surface area (Å²) in [4.78, 5) is 1.23. The van der Waals surface area contributed by atoms with Gasteiger partial charge in [0.15, 0.2) is 0 Å². The van der Waals surface area contributed by atoms with Crippen molar-refractivity contribution >= 4 is 27.3 Å². The number of nitrogens with two attached hydrogens (primary N) is 1. The second-order valence-corrected chi connectivity index (χ2v) is 5.60. The summed E-state index contributed by atoms with van der Waals surface area (Å²) in [6, 6.07) is 6.44. The quantitative estimate of drug-likeness (QED) is 0.891. The summed E-state index contributed by atoms with van der Waals surface area (Å²) in [6.07, 6.45) is 0. The van der Waals surface area contributed by atoms with Crippen LogP contribution in [0.5, 0.6) is 0 Å². The molecule has 0 radical (unpaired) electrons. The van der Waals surface area contributed by atoms with Crippen LogP contribution in [0.1, 0.15) is 22.0 Å². The monoisotopic (exact) mass is 299 g/mol. The molecule has 1 aromatic heterocycles. The van der Waals surface area contributed by atoms with Crippen molar-refractivity contribution in [2.24, 2.45) is 5.73 Å². The van der Waals surface area contributed by atoms with Crippen molar-refractivity contribution < 1.29 is 4.39 Å². The average Bonchev–Trinajstić information content (AvgIpc) is 2.64. The molecule has 1 atom stereocenters. The van der Waals surface area contributed by atoms with E-state index in [-0.39, 0.29) is 11.9 Å². The molecule has 0 amide bonds. The van der Waals surface area contributed by atoms with Crippen LogP contribution in [0.3, 0.4) is 0 Å². The summed E-state index contributed by atoms with van der Waals surface area (Å²) in [5, 5.41) is 2.04. The zero-order valence-electron chi connectivity index (χ0n) is 8.71. The summed E-state index contributed by atoms with van der Waals surface area (Å²) >= 11 is 5.00. The summed E-state index contributed by atoms with van der Waals surface area (Å²) in [6.45, 7) is 2.04. The maximum atomic E-state index is 12.9. The Bertz CT molecular complexity index is 509. The van der Waals surface area contributed by atoms with Gasteiger partial charge < -0.3 is 5.73 Å². The van der Waals surface area contributed by atoms with Crippen LogP contribution >= 0.6 is 27.3 Å². The molecule has 16 heavy (non-hydrogen) atoms. The average molecular weight is 300 g/mol. The van der Waals surface area contributed by atoms with Crippen LogP contribution in [0.4, 0.5) is 4.39 Å². The lowest BCUT2D eigenvalue weighted by atomic mass is 10.0. The highest BCUT2D eigenvalue weighted by Crippen LogP contribution is 2.29. The number of benzene rings is 1. The summed E-state index contributed by atoms with van der Waals surface area (Å²) in [5.41, 5.74) is 8.10. The number of thiophene rings is 1. The Morgan fingerprint density at radius 1 is 1.38 bits per heavy atom. The van der Waals surface area contributed by atoms with E-state index in [4.69, 9.17) is 5.73 Å². The van der Waals surface area contributed by atoms with Crippen molar-refractivity contribution in [1.82, 2.24) is 0 Å². The zero-order chi connectivity index (χ0) is 11.7. The highest BCUT2D eigenvalue weighted by atomic mass is 79.9. The Morgan fingerprint density at radius 3 is 2.69 bits per heavy atom. The molecular weight excluding hydrogens is 289 g/mol. The van der Waals surface area contributed by atoms with E-state index in [2.05, 4.69) is 22.0 Å². The van der Waals surface area contributed by atoms with Gasteiger partial charge in [0.05, 0.1) is 6.04 Å². The van der Waals surface area contributed by atoms with Gasteiger partial charge in [-0.25, -0.2) is 4.39 Å². The fraction of sp³-hybridized carbons (Fsp3) is 0.167. The standard InChI is InChI=1S/C12H11BrFNS/c1-7-4-8(6-16-7)12(15)10-3-2-9(14)5-11(10)13/h2-6,12H,15H2,1H3. The highest BCUT2D eigenvalue weighted by Gasteiger charge is 2.13. The van der Waals surface area contributed by atoms with Gasteiger partial charge in [-0.15, -0.1) is 11.3 Å². The van der Waals surface area contributed by atoms with Crippen molar-refractivity contribution in [3.63, 3.8) is 0 Å². The first-order valence-electron chi connectivity index (χ1n) is 4.83. The molecule has 4 heteroatoms. The Labute approximate surface area is 106 Å². The number of rotatable bonds is 2. The zero-order valence-corrected chi connectivity index (χ0v) is 11.1. The normalized spacial score (nSPS) is 12.8. The number of halogens is 2. The van der Waals surface area contributed by atoms with Crippen LogP contribution in [-0.2, 0) is 0 Å². The van der Waals surface area contributed by atoms with Crippen LogP contribution in [0.15, 0.2) is 34.1 Å². The molecule has 0 aliphatic heterocycles. The molecule has 84 valence electrons. The third kappa shape index (κ3) is 2.34. The van der Waals surface area contributed by atoms with E-state index < -0.39 is 0 Å². The van der Waals surface area contributed by atoms with E-state index in [0.29, 0.717) is 4.47 Å². The van der Waals surface area contributed by atoms with Gasteiger partial charge in [-0.3, -0.25) is 0 Å². The first kappa shape index (κ1) is 11.8. The Morgan fingerprint density at radius 2 is 2.12 bits per heavy atom. The van der Waals surface area contributed by atoms with Crippen LogP contribution in [-0.4, -0.2) is 0 Å². The molecule has 2 N–H and O–H groups in total. The Balaban J connectivity index is 2.37. The Kier molecular flexibility index (Phi) is 3.42. The van der Waals surface area contributed by atoms with Crippen molar-refractivity contribution in [3.05, 3.63) is 55.9 Å². The molecule has 0 saturated heterocycles. The summed E-state index contributed by atoms with van der Waals surface area (Å²) in [7, 11) is 0. The van der Waals surface area contributed by atoms with Gasteiger partial charge in [0.25, 0.3) is 0 Å². The minimum atomic E-state index is -0.260. The predicted octanol–water partition coefficient (Wildman–Crippen LogP) is 4.01. The smallest absolute Gasteiger partial charge is 0.124 e. The first-order chi connectivity index (χ1) is 7.58. The lowest BCUT2D eigenvalue weighted by Crippen LogP contribution is -2.11. The maximum absolute atomic E-state index is 12.9. The molecular formula is C12H11BrFNS. The van der Waals surface area contributed by atoms with Gasteiger partial charge in [-0.2, -0.15) is 0 Å². The van der Waals surface area contributed by atoms with Gasteiger partial charge in [-0.05, 0) is 41.6 Å². The number of aryl methyl sites for hydroxylation is 1. The van der Waals surface area contributed by atoms with Crippen LogP contribution in [0.25, 0.3) is 0 Å². The lowest BCUT2D eigenvalue weighted by Gasteiger charge is -2.12. The minimum Gasteiger partial charge on any atom is -0.320 e. The third-order valence-corrected chi connectivity index (χ3v) is 3.97. The molecule has 1 heterocycles. The van der Waals surface area contributed by atoms with Crippen LogP contribution < -0.4 is 5.73 Å². The van der Waals surface area contributed by atoms with E-state index in [9.17, 15) is 4.39 Å². The van der Waals surface area contributed by atoms with Crippen LogP contribution in [0, 0.1) is 12.7 Å². The molecule has 1 aromatic carbocycles. The number of hydrogen-bond acceptors (Lipinski definition) is 2. The van der Waals surface area contributed by atoms with Crippen molar-refractivity contribution in [3.8, 4) is 0 Å². The summed E-state index contributed by atoms with van der Waals surface area (Å²) < 4.78 is 13.7. The second kappa shape index (κ2) is 4.65. The molecule has 0 aliphatic rings. The van der Waals surface area contributed by atoms with Crippen molar-refractivity contribution in [2.45, 2.75) is 13.0 Å². The van der Waals surface area contributed by atoms with E-state index >= 15 is 0 Å². The maximum Gasteiger partial charge on any atom is 0.124 e. The SMILES string of the molecule is Cc1cc(C(N)c2ccc(F)cc2Br)cs1. The molecule has 1 unspecified atom stereocenters. The lowest BCUT2D eigenvalue weighted by molar-refractivity contribution is 0.625. The minimum absolute atomic E-state index is 0.208. The third-order valence-electron chi connectivity index (χ3n) is 2.41. The fourth-order valence-electron chi connectivity index (χ4n) is 1.56. The molecule has 0 bridgehead atoms. The molecule has 1 nitrogen and oxygen atoms in total. The van der Waals surface area contributed by atoms with Gasteiger partial charge >= 0.3 is 0 Å². The molecule has 0 aliphatic carbocycles.